The smallest absolute Gasteiger partial charge is 0.309 e. The molecule has 4 saturated carbocycles. The lowest BCUT2D eigenvalue weighted by molar-refractivity contribution is -0.224. The van der Waals surface area contributed by atoms with Gasteiger partial charge in [-0.25, -0.2) is 0 Å². The number of carboxylic acid groups (broad SMARTS) is 1. The predicted molar refractivity (Wildman–Crippen MR) is 235 cm³/mol. The second-order valence-corrected chi connectivity index (χ2v) is 22.3. The van der Waals surface area contributed by atoms with Gasteiger partial charge in [-0.15, -0.1) is 0 Å². The third-order valence-corrected chi connectivity index (χ3v) is 17.3. The number of esters is 1. The average molecular weight is 842 g/mol. The standard InChI is InChI=1S/C48H73ClN2O7.CH4/c1-29(2)40-33(53)25-48(37(54)28-51(23-22-50(10)11)27-30-12-13-31(52)24-32(30)49)21-16-36-46(8)18-14-34-44(5,6)38(58-39(55)26-43(3,4)42(56)57)17-20-45(34,7)35(46)15-19-47(36,9)41(40)48;/h12-13,24,29,34-38,52,54H,14-23,25-28H2,1-11H3,(H,56,57);1H4. The van der Waals surface area contributed by atoms with Crippen LogP contribution in [-0.4, -0.2) is 88.8 Å². The van der Waals surface area contributed by atoms with Gasteiger partial charge in [-0.1, -0.05) is 73.6 Å². The van der Waals surface area contributed by atoms with Gasteiger partial charge in [0, 0.05) is 48.5 Å². The molecule has 332 valence electrons. The van der Waals surface area contributed by atoms with Crippen molar-refractivity contribution in [3.63, 3.8) is 0 Å². The fourth-order valence-electron chi connectivity index (χ4n) is 14.1. The van der Waals surface area contributed by atoms with Gasteiger partial charge in [0.05, 0.1) is 17.9 Å². The molecular weight excluding hydrogens is 764 g/mol. The molecule has 9 atom stereocenters. The summed E-state index contributed by atoms with van der Waals surface area (Å²) in [6.07, 6.45) is 6.80. The number of Topliss-reactive ketones (excluding diaryl/α,β-unsaturated/α-hetero) is 1. The maximum Gasteiger partial charge on any atom is 0.309 e. The average Bonchev–Trinajstić information content (AvgIpc) is 3.43. The Labute approximate surface area is 360 Å². The van der Waals surface area contributed by atoms with Gasteiger partial charge in [0.15, 0.2) is 5.78 Å². The molecular formula is C49H77ClN2O7. The summed E-state index contributed by atoms with van der Waals surface area (Å²) in [4.78, 5) is 43.7. The Bertz CT molecular complexity index is 1810. The molecule has 0 bridgehead atoms. The Hall–Kier alpha value is -2.46. The van der Waals surface area contributed by atoms with Gasteiger partial charge in [0.25, 0.3) is 0 Å². The number of likely N-dealkylation sites (N-methyl/N-ethyl adjacent to an activating group) is 1. The lowest BCUT2D eigenvalue weighted by Gasteiger charge is -2.71. The van der Waals surface area contributed by atoms with E-state index in [9.17, 15) is 29.7 Å². The summed E-state index contributed by atoms with van der Waals surface area (Å²) in [7, 11) is 4.10. The number of carbonyl (C=O) groups is 3. The number of hydrogen-bond acceptors (Lipinski definition) is 8. The molecule has 9 nitrogen and oxygen atoms in total. The number of aliphatic hydroxyl groups excluding tert-OH is 1. The van der Waals surface area contributed by atoms with E-state index in [1.807, 2.05) is 20.2 Å². The van der Waals surface area contributed by atoms with E-state index in [4.69, 9.17) is 16.3 Å². The van der Waals surface area contributed by atoms with E-state index in [2.05, 4.69) is 58.3 Å². The Morgan fingerprint density at radius 1 is 0.932 bits per heavy atom. The number of rotatable bonds is 13. The van der Waals surface area contributed by atoms with Gasteiger partial charge in [0.1, 0.15) is 11.9 Å². The molecule has 6 rings (SSSR count). The highest BCUT2D eigenvalue weighted by molar-refractivity contribution is 6.31. The highest BCUT2D eigenvalue weighted by Crippen LogP contribution is 2.76. The van der Waals surface area contributed by atoms with Crippen LogP contribution < -0.4 is 0 Å². The highest BCUT2D eigenvalue weighted by Gasteiger charge is 2.70. The van der Waals surface area contributed by atoms with Crippen LogP contribution in [0.5, 0.6) is 5.75 Å². The number of aromatic hydroxyl groups is 1. The normalized spacial score (nSPS) is 34.5. The number of carbonyl (C=O) groups excluding carboxylic acids is 2. The first-order valence-corrected chi connectivity index (χ1v) is 22.4. The van der Waals surface area contributed by atoms with E-state index in [0.29, 0.717) is 42.3 Å². The van der Waals surface area contributed by atoms with Crippen molar-refractivity contribution in [2.24, 2.45) is 56.2 Å². The zero-order chi connectivity index (χ0) is 43.0. The topological polar surface area (TPSA) is 128 Å². The van der Waals surface area contributed by atoms with Crippen molar-refractivity contribution in [2.75, 3.05) is 33.7 Å². The third kappa shape index (κ3) is 8.18. The van der Waals surface area contributed by atoms with Crippen molar-refractivity contribution in [1.82, 2.24) is 9.80 Å². The van der Waals surface area contributed by atoms with Crippen molar-refractivity contribution in [1.29, 1.82) is 0 Å². The number of phenols is 1. The van der Waals surface area contributed by atoms with E-state index >= 15 is 0 Å². The number of ether oxygens (including phenoxy) is 1. The van der Waals surface area contributed by atoms with Crippen molar-refractivity contribution in [3.8, 4) is 5.75 Å². The Morgan fingerprint density at radius 2 is 1.54 bits per heavy atom. The van der Waals surface area contributed by atoms with Crippen LogP contribution in [0.15, 0.2) is 29.3 Å². The largest absolute Gasteiger partial charge is 0.508 e. The van der Waals surface area contributed by atoms with Crippen molar-refractivity contribution in [3.05, 3.63) is 39.9 Å². The second-order valence-electron chi connectivity index (χ2n) is 21.9. The van der Waals surface area contributed by atoms with Crippen LogP contribution in [0.4, 0.5) is 0 Å². The van der Waals surface area contributed by atoms with Gasteiger partial charge in [-0.2, -0.15) is 0 Å². The fourth-order valence-corrected chi connectivity index (χ4v) is 14.3. The Kier molecular flexibility index (Phi) is 13.4. The van der Waals surface area contributed by atoms with Gasteiger partial charge in [-0.3, -0.25) is 19.3 Å². The van der Waals surface area contributed by atoms with E-state index in [1.165, 1.54) is 5.57 Å². The van der Waals surface area contributed by atoms with Gasteiger partial charge in [-0.05, 0) is 148 Å². The molecule has 0 spiro atoms. The zero-order valence-electron chi connectivity index (χ0n) is 37.3. The van der Waals surface area contributed by atoms with Crippen molar-refractivity contribution < 1.29 is 34.4 Å². The first kappa shape index (κ1) is 47.6. The molecule has 4 fully saturated rings. The lowest BCUT2D eigenvalue weighted by Crippen LogP contribution is -2.65. The van der Waals surface area contributed by atoms with Crippen molar-refractivity contribution >= 4 is 29.3 Å². The number of fused-ring (bicyclic) bond motifs is 7. The number of hydrogen-bond donors (Lipinski definition) is 3. The lowest BCUT2D eigenvalue weighted by atomic mass is 9.34. The van der Waals surface area contributed by atoms with E-state index in [0.717, 1.165) is 75.6 Å². The first-order valence-electron chi connectivity index (χ1n) is 22.1. The molecule has 59 heavy (non-hydrogen) atoms. The summed E-state index contributed by atoms with van der Waals surface area (Å²) in [6.45, 7) is 22.0. The Balaban J connectivity index is 0.00000661. The van der Waals surface area contributed by atoms with Crippen LogP contribution in [0.2, 0.25) is 5.02 Å². The molecule has 9 unspecified atom stereocenters. The van der Waals surface area contributed by atoms with Crippen LogP contribution >= 0.6 is 11.6 Å². The minimum Gasteiger partial charge on any atom is -0.508 e. The quantitative estimate of drug-likeness (QED) is 0.166. The highest BCUT2D eigenvalue weighted by atomic mass is 35.5. The number of aliphatic carboxylic acids is 1. The number of halogens is 1. The Morgan fingerprint density at radius 3 is 2.15 bits per heavy atom. The van der Waals surface area contributed by atoms with Crippen molar-refractivity contribution in [2.45, 2.75) is 153 Å². The minimum absolute atomic E-state index is 0. The number of nitrogens with zero attached hydrogens (tertiary/aromatic N) is 2. The molecule has 1 aromatic carbocycles. The summed E-state index contributed by atoms with van der Waals surface area (Å²) in [5.41, 5.74) is 0.892. The molecule has 0 heterocycles. The SMILES string of the molecule is C.CC(C)C1=C2C3(C)CCC4C(C)(CCC5C(C)(C)C(OC(=O)CC(C)(C)C(=O)O)CCC54C)C3CCC2(C(O)CN(CCN(C)C)Cc2ccc(O)cc2Cl)CC1=O. The van der Waals surface area contributed by atoms with E-state index in [-0.39, 0.29) is 59.1 Å². The third-order valence-electron chi connectivity index (χ3n) is 16.9. The number of phenolic OH excluding ortho intramolecular Hbond substituents is 1. The summed E-state index contributed by atoms with van der Waals surface area (Å²) >= 11 is 6.62. The summed E-state index contributed by atoms with van der Waals surface area (Å²) in [6, 6.07) is 5.09. The predicted octanol–water partition coefficient (Wildman–Crippen LogP) is 9.80. The summed E-state index contributed by atoms with van der Waals surface area (Å²) in [5.74, 6) is 0.141. The van der Waals surface area contributed by atoms with E-state index < -0.39 is 28.9 Å². The molecule has 0 radical (unpaired) electrons. The molecule has 1 aromatic rings. The maximum atomic E-state index is 14.4. The van der Waals surface area contributed by atoms with Gasteiger partial charge >= 0.3 is 11.9 Å². The molecule has 10 heteroatoms. The maximum absolute atomic E-state index is 14.4. The second kappa shape index (κ2) is 16.7. The van der Waals surface area contributed by atoms with Gasteiger partial charge in [0.2, 0.25) is 0 Å². The number of allylic oxidation sites excluding steroid dienone is 1. The molecule has 0 saturated heterocycles. The fraction of sp³-hybridized carbons (Fsp3) is 0.776. The number of carboxylic acids is 1. The molecule has 5 aliphatic rings. The van der Waals surface area contributed by atoms with Crippen LogP contribution in [0.3, 0.4) is 0 Å². The van der Waals surface area contributed by atoms with Crippen LogP contribution in [0.25, 0.3) is 0 Å². The first-order chi connectivity index (χ1) is 26.8. The molecule has 5 aliphatic carbocycles. The number of ketones is 1. The van der Waals surface area contributed by atoms with Crippen LogP contribution in [0.1, 0.15) is 140 Å². The van der Waals surface area contributed by atoms with E-state index in [1.54, 1.807) is 26.0 Å². The number of benzene rings is 1. The monoisotopic (exact) mass is 841 g/mol. The minimum atomic E-state index is -1.18. The van der Waals surface area contributed by atoms with Gasteiger partial charge < -0.3 is 25.0 Å². The summed E-state index contributed by atoms with van der Waals surface area (Å²) < 4.78 is 6.19. The molecule has 3 N–H and O–H groups in total. The molecule has 0 aliphatic heterocycles. The zero-order valence-corrected chi connectivity index (χ0v) is 38.1. The van der Waals surface area contributed by atoms with Crippen LogP contribution in [-0.2, 0) is 25.7 Å². The molecule has 0 amide bonds. The van der Waals surface area contributed by atoms with Crippen LogP contribution in [0, 0.1) is 56.2 Å². The molecule has 0 aromatic heterocycles. The number of aliphatic hydroxyl groups is 1. The summed E-state index contributed by atoms with van der Waals surface area (Å²) in [5, 5.41) is 32.9.